The molecule has 1 aromatic heterocycles. The van der Waals surface area contributed by atoms with E-state index < -0.39 is 11.9 Å². The normalized spacial score (nSPS) is 10.4. The Bertz CT molecular complexity index is 761. The van der Waals surface area contributed by atoms with Gasteiger partial charge in [-0.3, -0.25) is 4.79 Å². The maximum atomic E-state index is 12.2. The predicted octanol–water partition coefficient (Wildman–Crippen LogP) is 2.74. The maximum absolute atomic E-state index is 12.2. The number of fused-ring (bicyclic) bond motifs is 1. The Labute approximate surface area is 132 Å². The average molecular weight is 319 g/mol. The number of hydrogen-bond donors (Lipinski definition) is 1. The van der Waals surface area contributed by atoms with Gasteiger partial charge in [-0.05, 0) is 32.0 Å². The number of hydrogen-bond acceptors (Lipinski definition) is 6. The second kappa shape index (κ2) is 6.95. The molecule has 7 heteroatoms. The molecule has 1 amide bonds. The molecule has 1 aromatic carbocycles. The van der Waals surface area contributed by atoms with Gasteiger partial charge in [-0.25, -0.2) is 9.59 Å². The molecule has 0 saturated heterocycles. The van der Waals surface area contributed by atoms with Crippen LogP contribution in [0.25, 0.3) is 11.0 Å². The van der Waals surface area contributed by atoms with Crippen molar-refractivity contribution < 1.29 is 28.3 Å². The van der Waals surface area contributed by atoms with Crippen LogP contribution < -0.4 is 5.32 Å². The van der Waals surface area contributed by atoms with Gasteiger partial charge in [-0.15, -0.1) is 0 Å². The molecule has 2 aromatic rings. The van der Waals surface area contributed by atoms with E-state index in [4.69, 9.17) is 13.9 Å². The molecule has 0 radical (unpaired) electrons. The molecule has 0 aliphatic carbocycles. The lowest BCUT2D eigenvalue weighted by molar-refractivity contribution is -0.114. The van der Waals surface area contributed by atoms with Gasteiger partial charge in [0.25, 0.3) is 0 Å². The smallest absolute Gasteiger partial charge is 0.375 e. The highest BCUT2D eigenvalue weighted by molar-refractivity contribution is 6.12. The van der Waals surface area contributed by atoms with Gasteiger partial charge in [0.1, 0.15) is 11.1 Å². The number of benzene rings is 1. The summed E-state index contributed by atoms with van der Waals surface area (Å²) >= 11 is 0. The van der Waals surface area contributed by atoms with Crippen LogP contribution in [-0.4, -0.2) is 31.1 Å². The first kappa shape index (κ1) is 16.5. The number of furan rings is 1. The van der Waals surface area contributed by atoms with Crippen molar-refractivity contribution in [3.05, 3.63) is 29.5 Å². The third kappa shape index (κ3) is 3.50. The first-order valence-corrected chi connectivity index (χ1v) is 7.16. The number of ether oxygens (including phenoxy) is 2. The molecule has 1 N–H and O–H groups in total. The summed E-state index contributed by atoms with van der Waals surface area (Å²) in [6.07, 6.45) is 0. The minimum atomic E-state index is -0.743. The lowest BCUT2D eigenvalue weighted by atomic mass is 10.1. The van der Waals surface area contributed by atoms with Crippen LogP contribution in [0.15, 0.2) is 22.6 Å². The highest BCUT2D eigenvalue weighted by Crippen LogP contribution is 2.30. The Morgan fingerprint density at radius 2 is 1.74 bits per heavy atom. The van der Waals surface area contributed by atoms with E-state index in [2.05, 4.69) is 5.32 Å². The third-order valence-electron chi connectivity index (χ3n) is 2.95. The second-order valence-corrected chi connectivity index (χ2v) is 4.64. The molecule has 122 valence electrons. The molecule has 0 bridgehead atoms. The molecule has 0 saturated carbocycles. The molecule has 0 unspecified atom stereocenters. The van der Waals surface area contributed by atoms with Crippen molar-refractivity contribution in [1.29, 1.82) is 0 Å². The van der Waals surface area contributed by atoms with E-state index in [0.29, 0.717) is 16.7 Å². The van der Waals surface area contributed by atoms with Crippen LogP contribution in [-0.2, 0) is 14.3 Å². The van der Waals surface area contributed by atoms with E-state index >= 15 is 0 Å². The lowest BCUT2D eigenvalue weighted by Gasteiger charge is -2.04. The summed E-state index contributed by atoms with van der Waals surface area (Å²) in [6.45, 7) is 4.98. The summed E-state index contributed by atoms with van der Waals surface area (Å²) in [5.41, 5.74) is 0.796. The number of esters is 2. The van der Waals surface area contributed by atoms with Gasteiger partial charge in [-0.2, -0.15) is 0 Å². The Kier molecular flexibility index (Phi) is 5.00. The highest BCUT2D eigenvalue weighted by atomic mass is 16.5. The SMILES string of the molecule is CCOC(=O)c1oc2ccc(NC(C)=O)cc2c1C(=O)OCC. The van der Waals surface area contributed by atoms with Crippen molar-refractivity contribution in [2.75, 3.05) is 18.5 Å². The summed E-state index contributed by atoms with van der Waals surface area (Å²) in [4.78, 5) is 35.4. The van der Waals surface area contributed by atoms with Gasteiger partial charge >= 0.3 is 11.9 Å². The van der Waals surface area contributed by atoms with Gasteiger partial charge in [-0.1, -0.05) is 0 Å². The molecule has 2 rings (SSSR count). The van der Waals surface area contributed by atoms with Crippen LogP contribution in [0.2, 0.25) is 0 Å². The molecule has 0 aliphatic rings. The zero-order chi connectivity index (χ0) is 17.0. The molecular weight excluding hydrogens is 302 g/mol. The van der Waals surface area contributed by atoms with E-state index in [9.17, 15) is 14.4 Å². The summed E-state index contributed by atoms with van der Waals surface area (Å²) in [5, 5.41) is 2.98. The zero-order valence-corrected chi connectivity index (χ0v) is 13.1. The van der Waals surface area contributed by atoms with E-state index in [-0.39, 0.29) is 30.4 Å². The average Bonchev–Trinajstić information content (AvgIpc) is 2.86. The number of nitrogens with one attached hydrogen (secondary N) is 1. The monoisotopic (exact) mass is 319 g/mol. The third-order valence-corrected chi connectivity index (χ3v) is 2.95. The maximum Gasteiger partial charge on any atom is 0.375 e. The molecule has 0 atom stereocenters. The number of rotatable bonds is 5. The van der Waals surface area contributed by atoms with Crippen molar-refractivity contribution in [2.45, 2.75) is 20.8 Å². The van der Waals surface area contributed by atoms with Crippen LogP contribution in [0.3, 0.4) is 0 Å². The van der Waals surface area contributed by atoms with Gasteiger partial charge < -0.3 is 19.2 Å². The lowest BCUT2D eigenvalue weighted by Crippen LogP contribution is -2.12. The molecule has 0 aliphatic heterocycles. The first-order valence-electron chi connectivity index (χ1n) is 7.16. The zero-order valence-electron chi connectivity index (χ0n) is 13.1. The number of anilines is 1. The predicted molar refractivity (Wildman–Crippen MR) is 82.4 cm³/mol. The van der Waals surface area contributed by atoms with Crippen LogP contribution in [0.4, 0.5) is 5.69 Å². The number of amides is 1. The van der Waals surface area contributed by atoms with Crippen molar-refractivity contribution >= 4 is 34.5 Å². The summed E-state index contributed by atoms with van der Waals surface area (Å²) < 4.78 is 15.4. The Balaban J connectivity index is 2.60. The van der Waals surface area contributed by atoms with Crippen molar-refractivity contribution in [3.8, 4) is 0 Å². The second-order valence-electron chi connectivity index (χ2n) is 4.64. The number of carbonyl (C=O) groups is 3. The van der Waals surface area contributed by atoms with Crippen LogP contribution in [0, 0.1) is 0 Å². The Morgan fingerprint density at radius 3 is 2.35 bits per heavy atom. The van der Waals surface area contributed by atoms with Crippen LogP contribution in [0.5, 0.6) is 0 Å². The minimum Gasteiger partial charge on any atom is -0.462 e. The van der Waals surface area contributed by atoms with Gasteiger partial charge in [0.05, 0.1) is 13.2 Å². The molecule has 1 heterocycles. The summed E-state index contributed by atoms with van der Waals surface area (Å²) in [7, 11) is 0. The highest BCUT2D eigenvalue weighted by Gasteiger charge is 2.28. The summed E-state index contributed by atoms with van der Waals surface area (Å²) in [5.74, 6) is -1.89. The summed E-state index contributed by atoms with van der Waals surface area (Å²) in [6, 6.07) is 4.72. The molecule has 0 fully saturated rings. The van der Waals surface area contributed by atoms with Crippen molar-refractivity contribution in [2.24, 2.45) is 0 Å². The van der Waals surface area contributed by atoms with E-state index in [0.717, 1.165) is 0 Å². The van der Waals surface area contributed by atoms with E-state index in [1.807, 2.05) is 0 Å². The first-order chi connectivity index (χ1) is 11.0. The molecule has 7 nitrogen and oxygen atoms in total. The van der Waals surface area contributed by atoms with Crippen LogP contribution in [0.1, 0.15) is 41.7 Å². The van der Waals surface area contributed by atoms with Crippen molar-refractivity contribution in [1.82, 2.24) is 0 Å². The minimum absolute atomic E-state index is 0.00694. The quantitative estimate of drug-likeness (QED) is 0.851. The van der Waals surface area contributed by atoms with Gasteiger partial charge in [0, 0.05) is 18.0 Å². The fourth-order valence-corrected chi connectivity index (χ4v) is 2.12. The largest absolute Gasteiger partial charge is 0.462 e. The Morgan fingerprint density at radius 1 is 1.09 bits per heavy atom. The fraction of sp³-hybridized carbons (Fsp3) is 0.312. The van der Waals surface area contributed by atoms with Gasteiger partial charge in [0.2, 0.25) is 11.7 Å². The van der Waals surface area contributed by atoms with Gasteiger partial charge in [0.15, 0.2) is 0 Å². The standard InChI is InChI=1S/C16H17NO6/c1-4-21-15(19)13-11-8-10(17-9(3)18)6-7-12(11)23-14(13)16(20)22-5-2/h6-8H,4-5H2,1-3H3,(H,17,18). The van der Waals surface area contributed by atoms with Crippen molar-refractivity contribution in [3.63, 3.8) is 0 Å². The topological polar surface area (TPSA) is 94.8 Å². The van der Waals surface area contributed by atoms with E-state index in [1.165, 1.54) is 6.92 Å². The molecule has 0 spiro atoms. The fourth-order valence-electron chi connectivity index (χ4n) is 2.12. The van der Waals surface area contributed by atoms with Crippen LogP contribution >= 0.6 is 0 Å². The number of carbonyl (C=O) groups excluding carboxylic acids is 3. The molecule has 23 heavy (non-hydrogen) atoms. The molecular formula is C16H17NO6. The Hall–Kier alpha value is -2.83. The van der Waals surface area contributed by atoms with E-state index in [1.54, 1.807) is 32.0 Å².